The molecule has 0 saturated carbocycles. The van der Waals surface area contributed by atoms with Crippen molar-refractivity contribution in [3.8, 4) is 0 Å². The van der Waals surface area contributed by atoms with E-state index in [1.807, 2.05) is 53.7 Å². The molecule has 2 N–H and O–H groups in total. The first-order valence-corrected chi connectivity index (χ1v) is 6.74. The third-order valence-electron chi connectivity index (χ3n) is 2.79. The molecule has 1 rings (SSSR count). The van der Waals surface area contributed by atoms with E-state index in [9.17, 15) is 9.59 Å². The minimum atomic E-state index is -0.485. The van der Waals surface area contributed by atoms with Crippen LogP contribution in [0.3, 0.4) is 0 Å². The van der Waals surface area contributed by atoms with Gasteiger partial charge in [-0.25, -0.2) is 0 Å². The summed E-state index contributed by atoms with van der Waals surface area (Å²) in [5.41, 5.74) is 0.262. The maximum atomic E-state index is 12.0. The fourth-order valence-corrected chi connectivity index (χ4v) is 1.32. The zero-order valence-electron chi connectivity index (χ0n) is 13.1. The lowest BCUT2D eigenvalue weighted by Gasteiger charge is -2.22. The second-order valence-corrected chi connectivity index (χ2v) is 6.95. The van der Waals surface area contributed by atoms with Gasteiger partial charge in [0.1, 0.15) is 0 Å². The number of carbonyl (C=O) groups is 2. The Balaban J connectivity index is 2.95. The Hall–Kier alpha value is -1.84. The second-order valence-electron chi connectivity index (χ2n) is 6.95. The summed E-state index contributed by atoms with van der Waals surface area (Å²) in [4.78, 5) is 24.1. The van der Waals surface area contributed by atoms with Gasteiger partial charge in [-0.05, 0) is 12.1 Å². The molecular weight excluding hydrogens is 252 g/mol. The molecular formula is C16H24N2O2. The van der Waals surface area contributed by atoms with Crippen molar-refractivity contribution in [1.29, 1.82) is 0 Å². The molecule has 0 heterocycles. The first-order chi connectivity index (χ1) is 9.01. The van der Waals surface area contributed by atoms with Crippen molar-refractivity contribution < 1.29 is 9.59 Å². The predicted octanol–water partition coefficient (Wildman–Crippen LogP) is 3.66. The molecule has 0 aliphatic heterocycles. The first kappa shape index (κ1) is 16.2. The van der Waals surface area contributed by atoms with Crippen molar-refractivity contribution in [3.05, 3.63) is 24.3 Å². The van der Waals surface area contributed by atoms with E-state index in [2.05, 4.69) is 10.6 Å². The number of hydrogen-bond acceptors (Lipinski definition) is 2. The number of benzene rings is 1. The van der Waals surface area contributed by atoms with Crippen LogP contribution in [0.2, 0.25) is 0 Å². The predicted molar refractivity (Wildman–Crippen MR) is 82.6 cm³/mol. The lowest BCUT2D eigenvalue weighted by atomic mass is 9.95. The molecule has 1 aromatic rings. The molecule has 4 heteroatoms. The fourth-order valence-electron chi connectivity index (χ4n) is 1.32. The van der Waals surface area contributed by atoms with Crippen LogP contribution >= 0.6 is 0 Å². The molecule has 20 heavy (non-hydrogen) atoms. The third kappa shape index (κ3) is 4.37. The maximum Gasteiger partial charge on any atom is 0.229 e. The van der Waals surface area contributed by atoms with Crippen LogP contribution in [0, 0.1) is 10.8 Å². The van der Waals surface area contributed by atoms with Crippen molar-refractivity contribution in [2.45, 2.75) is 41.5 Å². The molecule has 0 unspecified atom stereocenters. The minimum Gasteiger partial charge on any atom is -0.324 e. The van der Waals surface area contributed by atoms with Gasteiger partial charge in [-0.2, -0.15) is 0 Å². The molecule has 0 spiro atoms. The normalized spacial score (nSPS) is 11.9. The van der Waals surface area contributed by atoms with Gasteiger partial charge in [-0.15, -0.1) is 0 Å². The Morgan fingerprint density at radius 2 is 1.05 bits per heavy atom. The molecule has 0 atom stereocenters. The summed E-state index contributed by atoms with van der Waals surface area (Å²) in [6, 6.07) is 7.21. The summed E-state index contributed by atoms with van der Waals surface area (Å²) >= 11 is 0. The second kappa shape index (κ2) is 5.65. The number of nitrogens with one attached hydrogen (secondary N) is 2. The van der Waals surface area contributed by atoms with Crippen LogP contribution in [0.5, 0.6) is 0 Å². The van der Waals surface area contributed by atoms with Gasteiger partial charge in [0, 0.05) is 10.8 Å². The van der Waals surface area contributed by atoms with Crippen LogP contribution in [0.4, 0.5) is 11.4 Å². The summed E-state index contributed by atoms with van der Waals surface area (Å²) < 4.78 is 0. The molecule has 4 nitrogen and oxygen atoms in total. The zero-order chi connectivity index (χ0) is 15.6. The molecule has 110 valence electrons. The van der Waals surface area contributed by atoms with Crippen LogP contribution in [0.1, 0.15) is 41.5 Å². The van der Waals surface area contributed by atoms with Crippen LogP contribution in [0.25, 0.3) is 0 Å². The average molecular weight is 276 g/mol. The lowest BCUT2D eigenvalue weighted by molar-refractivity contribution is -0.124. The van der Waals surface area contributed by atoms with Gasteiger partial charge in [0.2, 0.25) is 11.8 Å². The van der Waals surface area contributed by atoms with Gasteiger partial charge in [-0.1, -0.05) is 53.7 Å². The van der Waals surface area contributed by atoms with Crippen molar-refractivity contribution >= 4 is 23.2 Å². The Labute approximate surface area is 121 Å². The molecule has 0 aliphatic carbocycles. The number of rotatable bonds is 2. The molecule has 0 bridgehead atoms. The van der Waals surface area contributed by atoms with Gasteiger partial charge < -0.3 is 10.6 Å². The van der Waals surface area contributed by atoms with E-state index < -0.39 is 10.8 Å². The first-order valence-electron chi connectivity index (χ1n) is 6.74. The quantitative estimate of drug-likeness (QED) is 0.866. The number of carbonyl (C=O) groups excluding carboxylic acids is 2. The van der Waals surface area contributed by atoms with Crippen LogP contribution in [-0.4, -0.2) is 11.8 Å². The summed E-state index contributed by atoms with van der Waals surface area (Å²) in [6.07, 6.45) is 0. The lowest BCUT2D eigenvalue weighted by Crippen LogP contribution is -2.30. The molecule has 0 fully saturated rings. The molecule has 1 aromatic carbocycles. The Morgan fingerprint density at radius 3 is 1.30 bits per heavy atom. The highest BCUT2D eigenvalue weighted by Gasteiger charge is 2.24. The monoisotopic (exact) mass is 276 g/mol. The Bertz CT molecular complexity index is 461. The Kier molecular flexibility index (Phi) is 4.58. The minimum absolute atomic E-state index is 0.0880. The summed E-state index contributed by atoms with van der Waals surface area (Å²) in [6.45, 7) is 11.1. The topological polar surface area (TPSA) is 58.2 Å². The van der Waals surface area contributed by atoms with E-state index in [0.717, 1.165) is 0 Å². The van der Waals surface area contributed by atoms with Crippen molar-refractivity contribution in [3.63, 3.8) is 0 Å². The molecule has 0 radical (unpaired) electrons. The van der Waals surface area contributed by atoms with Crippen molar-refractivity contribution in [2.24, 2.45) is 10.8 Å². The Morgan fingerprint density at radius 1 is 0.750 bits per heavy atom. The van der Waals surface area contributed by atoms with Crippen LogP contribution in [-0.2, 0) is 9.59 Å². The van der Waals surface area contributed by atoms with E-state index in [1.165, 1.54) is 0 Å². The van der Waals surface area contributed by atoms with E-state index in [4.69, 9.17) is 0 Å². The van der Waals surface area contributed by atoms with Crippen molar-refractivity contribution in [2.75, 3.05) is 10.6 Å². The molecule has 0 saturated heterocycles. The van der Waals surface area contributed by atoms with E-state index in [1.54, 1.807) is 12.1 Å². The highest BCUT2D eigenvalue weighted by Crippen LogP contribution is 2.26. The van der Waals surface area contributed by atoms with Gasteiger partial charge in [0.15, 0.2) is 0 Å². The molecule has 2 amide bonds. The van der Waals surface area contributed by atoms with E-state index in [-0.39, 0.29) is 11.8 Å². The maximum absolute atomic E-state index is 12.0. The SMILES string of the molecule is CC(C)(C)C(=O)Nc1ccccc1NC(=O)C(C)(C)C. The van der Waals surface area contributed by atoms with E-state index in [0.29, 0.717) is 11.4 Å². The van der Waals surface area contributed by atoms with Crippen molar-refractivity contribution in [1.82, 2.24) is 0 Å². The molecule has 0 aromatic heterocycles. The summed E-state index contributed by atoms with van der Waals surface area (Å²) in [5.74, 6) is -0.176. The van der Waals surface area contributed by atoms with Crippen LogP contribution in [0.15, 0.2) is 24.3 Å². The van der Waals surface area contributed by atoms with Gasteiger partial charge >= 0.3 is 0 Å². The largest absolute Gasteiger partial charge is 0.324 e. The number of para-hydroxylation sites is 2. The highest BCUT2D eigenvalue weighted by atomic mass is 16.2. The number of hydrogen-bond donors (Lipinski definition) is 2. The average Bonchev–Trinajstić information content (AvgIpc) is 2.29. The van der Waals surface area contributed by atoms with Gasteiger partial charge in [0.05, 0.1) is 11.4 Å². The number of amides is 2. The molecule has 0 aliphatic rings. The standard InChI is InChI=1S/C16H24N2O2/c1-15(2,3)13(19)17-11-9-7-8-10-12(11)18-14(20)16(4,5)6/h7-10H,1-6H3,(H,17,19)(H,18,20). The number of anilines is 2. The highest BCUT2D eigenvalue weighted by molar-refractivity contribution is 6.02. The third-order valence-corrected chi connectivity index (χ3v) is 2.79. The van der Waals surface area contributed by atoms with Gasteiger partial charge in [0.25, 0.3) is 0 Å². The van der Waals surface area contributed by atoms with Crippen LogP contribution < -0.4 is 10.6 Å². The fraction of sp³-hybridized carbons (Fsp3) is 0.500. The van der Waals surface area contributed by atoms with Gasteiger partial charge in [-0.3, -0.25) is 9.59 Å². The van der Waals surface area contributed by atoms with E-state index >= 15 is 0 Å². The summed E-state index contributed by atoms with van der Waals surface area (Å²) in [5, 5.41) is 5.71. The summed E-state index contributed by atoms with van der Waals surface area (Å²) in [7, 11) is 0. The smallest absolute Gasteiger partial charge is 0.229 e. The zero-order valence-corrected chi connectivity index (χ0v) is 13.1.